The Morgan fingerprint density at radius 1 is 0.867 bits per heavy atom. The van der Waals surface area contributed by atoms with Crippen molar-refractivity contribution in [3.05, 3.63) is 0 Å². The fourth-order valence-corrected chi connectivity index (χ4v) is 2.77. The van der Waals surface area contributed by atoms with Gasteiger partial charge in [-0.1, -0.05) is 54.9 Å². The van der Waals surface area contributed by atoms with Crippen LogP contribution < -0.4 is 0 Å². The van der Waals surface area contributed by atoms with Crippen molar-refractivity contribution in [1.82, 2.24) is 0 Å². The van der Waals surface area contributed by atoms with E-state index >= 15 is 0 Å². The molecule has 0 bridgehead atoms. The SMILES string of the molecule is CC(C)CC(C)CCC(C)(C)CC(C)C. The van der Waals surface area contributed by atoms with E-state index in [4.69, 9.17) is 0 Å². The first-order valence-corrected chi connectivity index (χ1v) is 6.73. The van der Waals surface area contributed by atoms with Crippen molar-refractivity contribution in [2.45, 2.75) is 74.1 Å². The van der Waals surface area contributed by atoms with E-state index in [0.29, 0.717) is 5.41 Å². The van der Waals surface area contributed by atoms with Gasteiger partial charge in [-0.25, -0.2) is 0 Å². The molecule has 0 aliphatic rings. The molecular formula is C15H32. The van der Waals surface area contributed by atoms with Gasteiger partial charge in [-0.05, 0) is 42.4 Å². The van der Waals surface area contributed by atoms with E-state index in [-0.39, 0.29) is 0 Å². The van der Waals surface area contributed by atoms with Gasteiger partial charge in [0.15, 0.2) is 0 Å². The summed E-state index contributed by atoms with van der Waals surface area (Å²) in [6.45, 7) is 16.6. The molecule has 0 fully saturated rings. The number of hydrogen-bond acceptors (Lipinski definition) is 0. The molecule has 15 heavy (non-hydrogen) atoms. The summed E-state index contributed by atoms with van der Waals surface area (Å²) >= 11 is 0. The Morgan fingerprint density at radius 2 is 1.40 bits per heavy atom. The molecule has 92 valence electrons. The highest BCUT2D eigenvalue weighted by atomic mass is 14.3. The minimum atomic E-state index is 0.541. The minimum Gasteiger partial charge on any atom is -0.0628 e. The molecule has 0 N–H and O–H groups in total. The third kappa shape index (κ3) is 8.96. The van der Waals surface area contributed by atoms with Crippen LogP contribution in [0.25, 0.3) is 0 Å². The van der Waals surface area contributed by atoms with E-state index in [2.05, 4.69) is 48.5 Å². The topological polar surface area (TPSA) is 0 Å². The highest BCUT2D eigenvalue weighted by Crippen LogP contribution is 2.32. The summed E-state index contributed by atoms with van der Waals surface area (Å²) in [4.78, 5) is 0. The van der Waals surface area contributed by atoms with Gasteiger partial charge in [0.05, 0.1) is 0 Å². The van der Waals surface area contributed by atoms with Crippen LogP contribution in [0.4, 0.5) is 0 Å². The second-order valence-electron chi connectivity index (χ2n) is 7.04. The molecule has 0 aliphatic heterocycles. The average Bonchev–Trinajstić information content (AvgIpc) is 1.97. The Hall–Kier alpha value is 0. The summed E-state index contributed by atoms with van der Waals surface area (Å²) < 4.78 is 0. The van der Waals surface area contributed by atoms with Gasteiger partial charge in [0.2, 0.25) is 0 Å². The first-order valence-electron chi connectivity index (χ1n) is 6.73. The molecule has 0 spiro atoms. The third-order valence-corrected chi connectivity index (χ3v) is 3.15. The molecular weight excluding hydrogens is 180 g/mol. The first kappa shape index (κ1) is 15.0. The van der Waals surface area contributed by atoms with Crippen molar-refractivity contribution in [3.63, 3.8) is 0 Å². The van der Waals surface area contributed by atoms with Gasteiger partial charge in [-0.2, -0.15) is 0 Å². The molecule has 0 radical (unpaired) electrons. The van der Waals surface area contributed by atoms with Crippen LogP contribution in [0.15, 0.2) is 0 Å². The van der Waals surface area contributed by atoms with Crippen LogP contribution in [-0.2, 0) is 0 Å². The van der Waals surface area contributed by atoms with Gasteiger partial charge in [0.1, 0.15) is 0 Å². The van der Waals surface area contributed by atoms with Crippen molar-refractivity contribution in [3.8, 4) is 0 Å². The van der Waals surface area contributed by atoms with E-state index in [1.807, 2.05) is 0 Å². The lowest BCUT2D eigenvalue weighted by Crippen LogP contribution is -2.16. The largest absolute Gasteiger partial charge is 0.0628 e. The fourth-order valence-electron chi connectivity index (χ4n) is 2.77. The molecule has 0 saturated carbocycles. The van der Waals surface area contributed by atoms with E-state index in [0.717, 1.165) is 17.8 Å². The van der Waals surface area contributed by atoms with Crippen LogP contribution in [0, 0.1) is 23.2 Å². The Kier molecular flexibility index (Phi) is 6.55. The normalized spacial score (nSPS) is 15.0. The van der Waals surface area contributed by atoms with Gasteiger partial charge in [-0.3, -0.25) is 0 Å². The van der Waals surface area contributed by atoms with E-state index < -0.39 is 0 Å². The fraction of sp³-hybridized carbons (Fsp3) is 1.00. The molecule has 0 saturated heterocycles. The minimum absolute atomic E-state index is 0.541. The summed E-state index contributed by atoms with van der Waals surface area (Å²) in [7, 11) is 0. The Balaban J connectivity index is 3.82. The van der Waals surface area contributed by atoms with Crippen molar-refractivity contribution in [2.75, 3.05) is 0 Å². The Labute approximate surface area is 97.8 Å². The van der Waals surface area contributed by atoms with Crippen molar-refractivity contribution < 1.29 is 0 Å². The summed E-state index contributed by atoms with van der Waals surface area (Å²) in [5.74, 6) is 2.59. The van der Waals surface area contributed by atoms with E-state index in [1.54, 1.807) is 0 Å². The maximum Gasteiger partial charge on any atom is -0.0352 e. The van der Waals surface area contributed by atoms with Crippen LogP contribution in [0.1, 0.15) is 74.1 Å². The van der Waals surface area contributed by atoms with Crippen LogP contribution in [0.3, 0.4) is 0 Å². The quantitative estimate of drug-likeness (QED) is 0.521. The maximum atomic E-state index is 2.43. The van der Waals surface area contributed by atoms with Gasteiger partial charge >= 0.3 is 0 Å². The third-order valence-electron chi connectivity index (χ3n) is 3.15. The van der Waals surface area contributed by atoms with Crippen LogP contribution in [0.2, 0.25) is 0 Å². The van der Waals surface area contributed by atoms with E-state index in [1.165, 1.54) is 25.7 Å². The molecule has 1 unspecified atom stereocenters. The Morgan fingerprint density at radius 3 is 1.80 bits per heavy atom. The monoisotopic (exact) mass is 212 g/mol. The Bertz CT molecular complexity index is 153. The molecule has 0 nitrogen and oxygen atoms in total. The van der Waals surface area contributed by atoms with E-state index in [9.17, 15) is 0 Å². The summed E-state index contributed by atoms with van der Waals surface area (Å²) in [5, 5.41) is 0. The van der Waals surface area contributed by atoms with Gasteiger partial charge in [-0.15, -0.1) is 0 Å². The zero-order valence-electron chi connectivity index (χ0n) is 12.1. The van der Waals surface area contributed by atoms with Crippen molar-refractivity contribution in [2.24, 2.45) is 23.2 Å². The molecule has 0 aromatic rings. The van der Waals surface area contributed by atoms with Crippen molar-refractivity contribution in [1.29, 1.82) is 0 Å². The highest BCUT2D eigenvalue weighted by molar-refractivity contribution is 4.72. The zero-order chi connectivity index (χ0) is 12.1. The number of hydrogen-bond donors (Lipinski definition) is 0. The summed E-state index contributed by atoms with van der Waals surface area (Å²) in [6, 6.07) is 0. The molecule has 0 amide bonds. The predicted molar refractivity (Wildman–Crippen MR) is 71.1 cm³/mol. The average molecular weight is 212 g/mol. The lowest BCUT2D eigenvalue weighted by molar-refractivity contribution is 0.236. The second kappa shape index (κ2) is 6.55. The van der Waals surface area contributed by atoms with Crippen LogP contribution in [0.5, 0.6) is 0 Å². The van der Waals surface area contributed by atoms with Crippen LogP contribution in [-0.4, -0.2) is 0 Å². The van der Waals surface area contributed by atoms with Crippen LogP contribution >= 0.6 is 0 Å². The molecule has 1 atom stereocenters. The summed E-state index contributed by atoms with van der Waals surface area (Å²) in [6.07, 6.45) is 5.54. The summed E-state index contributed by atoms with van der Waals surface area (Å²) in [5.41, 5.74) is 0.541. The highest BCUT2D eigenvalue weighted by Gasteiger charge is 2.20. The first-order chi connectivity index (χ1) is 6.73. The smallest absolute Gasteiger partial charge is 0.0352 e. The predicted octanol–water partition coefficient (Wildman–Crippen LogP) is 5.52. The van der Waals surface area contributed by atoms with Gasteiger partial charge in [0, 0.05) is 0 Å². The zero-order valence-corrected chi connectivity index (χ0v) is 12.1. The maximum absolute atomic E-state index is 2.43. The van der Waals surface area contributed by atoms with Gasteiger partial charge in [0.25, 0.3) is 0 Å². The van der Waals surface area contributed by atoms with Crippen molar-refractivity contribution >= 4 is 0 Å². The molecule has 0 aromatic carbocycles. The number of rotatable bonds is 7. The molecule has 0 heterocycles. The molecule has 0 aliphatic carbocycles. The lowest BCUT2D eigenvalue weighted by atomic mass is 9.78. The lowest BCUT2D eigenvalue weighted by Gasteiger charge is -2.28. The molecule has 0 aromatic heterocycles. The standard InChI is InChI=1S/C15H32/c1-12(2)10-14(5)8-9-15(6,7)11-13(3)4/h12-14H,8-11H2,1-7H3. The second-order valence-corrected chi connectivity index (χ2v) is 7.04. The molecule has 0 rings (SSSR count). The molecule has 0 heteroatoms. The van der Waals surface area contributed by atoms with Gasteiger partial charge < -0.3 is 0 Å².